The molecule has 0 spiro atoms. The summed E-state index contributed by atoms with van der Waals surface area (Å²) in [7, 11) is 0. The number of ether oxygens (including phenoxy) is 1. The number of hydrogen-bond acceptors (Lipinski definition) is 5. The number of benzene rings is 1. The average molecular weight is 315 g/mol. The third-order valence-electron chi connectivity index (χ3n) is 3.86. The minimum absolute atomic E-state index is 0.547. The number of unbranched alkanes of at least 4 members (excludes halogenated alkanes) is 1. The maximum absolute atomic E-state index is 9.35. The van der Waals surface area contributed by atoms with Crippen molar-refractivity contribution < 1.29 is 4.74 Å². The molecular weight excluding hydrogens is 290 g/mol. The second kappa shape index (κ2) is 7.95. The van der Waals surface area contributed by atoms with E-state index in [1.165, 1.54) is 0 Å². The van der Waals surface area contributed by atoms with Gasteiger partial charge in [0.15, 0.2) is 0 Å². The van der Waals surface area contributed by atoms with Crippen molar-refractivity contribution in [2.75, 3.05) is 31.6 Å². The highest BCUT2D eigenvalue weighted by Gasteiger charge is 2.21. The fraction of sp³-hybridized carbons (Fsp3) is 0.529. The number of nitrogens with one attached hydrogen (secondary N) is 2. The van der Waals surface area contributed by atoms with Crippen molar-refractivity contribution in [3.05, 3.63) is 23.9 Å². The number of nitrogens with zero attached hydrogens (tertiary/aromatic N) is 2. The van der Waals surface area contributed by atoms with Crippen LogP contribution in [0.1, 0.15) is 32.3 Å². The fourth-order valence-corrected chi connectivity index (χ4v) is 2.33. The zero-order valence-corrected chi connectivity index (χ0v) is 13.9. The highest BCUT2D eigenvalue weighted by molar-refractivity contribution is 5.92. The highest BCUT2D eigenvalue weighted by Crippen LogP contribution is 2.30. The molecule has 0 fully saturated rings. The fourth-order valence-electron chi connectivity index (χ4n) is 2.33. The molecule has 23 heavy (non-hydrogen) atoms. The van der Waals surface area contributed by atoms with E-state index < -0.39 is 5.41 Å². The summed E-state index contributed by atoms with van der Waals surface area (Å²) in [5.74, 6) is 0. The Labute approximate surface area is 137 Å². The summed E-state index contributed by atoms with van der Waals surface area (Å²) < 4.78 is 5.58. The Morgan fingerprint density at radius 2 is 2.17 bits per heavy atom. The number of nitriles is 1. The Hall–Kier alpha value is -2.10. The lowest BCUT2D eigenvalue weighted by Crippen LogP contribution is -2.15. The number of H-pyrrole nitrogens is 1. The predicted octanol–water partition coefficient (Wildman–Crippen LogP) is 2.53. The molecule has 0 saturated carbocycles. The van der Waals surface area contributed by atoms with Gasteiger partial charge in [0.2, 0.25) is 0 Å². The molecule has 0 aliphatic rings. The maximum atomic E-state index is 9.35. The van der Waals surface area contributed by atoms with Gasteiger partial charge in [0.05, 0.1) is 29.8 Å². The zero-order valence-electron chi connectivity index (χ0n) is 13.9. The van der Waals surface area contributed by atoms with E-state index in [-0.39, 0.29) is 0 Å². The van der Waals surface area contributed by atoms with Crippen LogP contribution in [0.5, 0.6) is 0 Å². The number of aromatic nitrogens is 2. The van der Waals surface area contributed by atoms with Gasteiger partial charge in [-0.15, -0.1) is 0 Å². The van der Waals surface area contributed by atoms with Gasteiger partial charge in [-0.1, -0.05) is 0 Å². The van der Waals surface area contributed by atoms with E-state index in [1.54, 1.807) is 6.20 Å². The van der Waals surface area contributed by atoms with Gasteiger partial charge in [0.1, 0.15) is 0 Å². The van der Waals surface area contributed by atoms with Gasteiger partial charge in [-0.2, -0.15) is 10.4 Å². The molecule has 6 heteroatoms. The number of fused-ring (bicyclic) bond motifs is 1. The van der Waals surface area contributed by atoms with Crippen molar-refractivity contribution in [2.24, 2.45) is 5.73 Å². The van der Waals surface area contributed by atoms with Crippen LogP contribution in [-0.4, -0.2) is 36.5 Å². The summed E-state index contributed by atoms with van der Waals surface area (Å²) in [6.45, 7) is 6.61. The topological polar surface area (TPSA) is 99.8 Å². The van der Waals surface area contributed by atoms with Gasteiger partial charge in [-0.05, 0) is 50.9 Å². The third-order valence-corrected chi connectivity index (χ3v) is 3.86. The Bertz CT molecular complexity index is 671. The molecule has 1 aromatic carbocycles. The van der Waals surface area contributed by atoms with Crippen LogP contribution in [0.2, 0.25) is 0 Å². The molecule has 0 aliphatic carbocycles. The molecule has 1 aromatic heterocycles. The smallest absolute Gasteiger partial charge is 0.0767 e. The van der Waals surface area contributed by atoms with Crippen LogP contribution in [0.25, 0.3) is 10.9 Å². The SMILES string of the molecule is CC(C)(C#N)c1cc(NCCOCCCCN)c2cn[nH]c2c1. The molecule has 124 valence electrons. The van der Waals surface area contributed by atoms with Crippen LogP contribution >= 0.6 is 0 Å². The number of hydrogen-bond donors (Lipinski definition) is 3. The second-order valence-corrected chi connectivity index (χ2v) is 6.13. The van der Waals surface area contributed by atoms with E-state index in [4.69, 9.17) is 10.5 Å². The lowest BCUT2D eigenvalue weighted by molar-refractivity contribution is 0.140. The van der Waals surface area contributed by atoms with Crippen molar-refractivity contribution in [1.82, 2.24) is 10.2 Å². The van der Waals surface area contributed by atoms with Gasteiger partial charge in [-0.3, -0.25) is 5.10 Å². The Morgan fingerprint density at radius 1 is 1.35 bits per heavy atom. The second-order valence-electron chi connectivity index (χ2n) is 6.13. The predicted molar refractivity (Wildman–Crippen MR) is 92.3 cm³/mol. The number of rotatable bonds is 9. The van der Waals surface area contributed by atoms with Crippen molar-refractivity contribution >= 4 is 16.6 Å². The van der Waals surface area contributed by atoms with Gasteiger partial charge in [0, 0.05) is 24.2 Å². The van der Waals surface area contributed by atoms with E-state index in [0.29, 0.717) is 19.7 Å². The van der Waals surface area contributed by atoms with Crippen LogP contribution < -0.4 is 11.1 Å². The van der Waals surface area contributed by atoms with E-state index in [9.17, 15) is 5.26 Å². The first-order valence-electron chi connectivity index (χ1n) is 7.99. The minimum Gasteiger partial charge on any atom is -0.382 e. The molecule has 0 amide bonds. The minimum atomic E-state index is -0.547. The highest BCUT2D eigenvalue weighted by atomic mass is 16.5. The molecule has 6 nitrogen and oxygen atoms in total. The van der Waals surface area contributed by atoms with E-state index in [1.807, 2.05) is 26.0 Å². The molecule has 0 aliphatic heterocycles. The summed E-state index contributed by atoms with van der Waals surface area (Å²) in [6.07, 6.45) is 3.78. The lowest BCUT2D eigenvalue weighted by Gasteiger charge is -2.18. The molecule has 0 atom stereocenters. The van der Waals surface area contributed by atoms with E-state index in [0.717, 1.165) is 41.6 Å². The van der Waals surface area contributed by atoms with Crippen molar-refractivity contribution in [2.45, 2.75) is 32.1 Å². The van der Waals surface area contributed by atoms with Crippen LogP contribution in [0.3, 0.4) is 0 Å². The first kappa shape index (κ1) is 17.3. The van der Waals surface area contributed by atoms with Crippen LogP contribution in [0, 0.1) is 11.3 Å². The molecular formula is C17H25N5O. The van der Waals surface area contributed by atoms with Gasteiger partial charge in [0.25, 0.3) is 0 Å². The largest absolute Gasteiger partial charge is 0.382 e. The van der Waals surface area contributed by atoms with Crippen molar-refractivity contribution in [3.8, 4) is 6.07 Å². The molecule has 4 N–H and O–H groups in total. The number of aromatic amines is 1. The summed E-state index contributed by atoms with van der Waals surface area (Å²) >= 11 is 0. The standard InChI is InChI=1S/C17H25N5O/c1-17(2,12-19)13-9-15(14-11-21-22-16(14)10-13)20-6-8-23-7-4-3-5-18/h9-11,20H,3-8,18H2,1-2H3,(H,21,22). The quantitative estimate of drug-likeness (QED) is 0.617. The normalized spacial score (nSPS) is 11.6. The monoisotopic (exact) mass is 315 g/mol. The van der Waals surface area contributed by atoms with Gasteiger partial charge < -0.3 is 15.8 Å². The van der Waals surface area contributed by atoms with Crippen LogP contribution in [-0.2, 0) is 10.2 Å². The zero-order chi connectivity index (χ0) is 16.7. The molecule has 0 radical (unpaired) electrons. The summed E-state index contributed by atoms with van der Waals surface area (Å²) in [5, 5.41) is 20.8. The Balaban J connectivity index is 2.02. The summed E-state index contributed by atoms with van der Waals surface area (Å²) in [4.78, 5) is 0. The summed E-state index contributed by atoms with van der Waals surface area (Å²) in [6, 6.07) is 6.35. The third kappa shape index (κ3) is 4.44. The van der Waals surface area contributed by atoms with Crippen LogP contribution in [0.15, 0.2) is 18.3 Å². The van der Waals surface area contributed by atoms with Gasteiger partial charge >= 0.3 is 0 Å². The first-order valence-corrected chi connectivity index (χ1v) is 7.99. The maximum Gasteiger partial charge on any atom is 0.0767 e. The molecule has 1 heterocycles. The summed E-state index contributed by atoms with van der Waals surface area (Å²) in [5.41, 5.74) is 7.76. The molecule has 0 saturated heterocycles. The number of anilines is 1. The Kier molecular flexibility index (Phi) is 5.97. The van der Waals surface area contributed by atoms with Gasteiger partial charge in [-0.25, -0.2) is 0 Å². The molecule has 2 aromatic rings. The first-order chi connectivity index (χ1) is 11.1. The number of nitrogens with two attached hydrogens (primary N) is 1. The van der Waals surface area contributed by atoms with E-state index >= 15 is 0 Å². The van der Waals surface area contributed by atoms with E-state index in [2.05, 4.69) is 21.6 Å². The van der Waals surface area contributed by atoms with Crippen molar-refractivity contribution in [3.63, 3.8) is 0 Å². The average Bonchev–Trinajstić information content (AvgIpc) is 3.02. The van der Waals surface area contributed by atoms with Crippen LogP contribution in [0.4, 0.5) is 5.69 Å². The van der Waals surface area contributed by atoms with Crippen molar-refractivity contribution in [1.29, 1.82) is 5.26 Å². The molecule has 2 rings (SSSR count). The Morgan fingerprint density at radius 3 is 2.91 bits per heavy atom. The molecule has 0 unspecified atom stereocenters. The lowest BCUT2D eigenvalue weighted by atomic mass is 9.85. The molecule has 0 bridgehead atoms.